The second-order valence-electron chi connectivity index (χ2n) is 5.33. The van der Waals surface area contributed by atoms with E-state index in [9.17, 15) is 14.7 Å². The van der Waals surface area contributed by atoms with Crippen LogP contribution in [-0.2, 0) is 17.6 Å². The number of fused-ring (bicyclic) bond motifs is 1. The molecule has 7 nitrogen and oxygen atoms in total. The average Bonchev–Trinajstić information content (AvgIpc) is 3.21. The van der Waals surface area contributed by atoms with Gasteiger partial charge in [0.25, 0.3) is 5.91 Å². The number of para-hydroxylation sites is 1. The van der Waals surface area contributed by atoms with Crippen LogP contribution in [-0.4, -0.2) is 37.6 Å². The van der Waals surface area contributed by atoms with E-state index in [1.807, 2.05) is 31.2 Å². The summed E-state index contributed by atoms with van der Waals surface area (Å²) >= 11 is 0.974. The second kappa shape index (κ2) is 6.79. The van der Waals surface area contributed by atoms with Crippen LogP contribution in [0.15, 0.2) is 30.5 Å². The summed E-state index contributed by atoms with van der Waals surface area (Å²) in [5.41, 5.74) is 2.35. The van der Waals surface area contributed by atoms with Gasteiger partial charge in [0.15, 0.2) is 0 Å². The van der Waals surface area contributed by atoms with Crippen LogP contribution >= 0.6 is 11.5 Å². The van der Waals surface area contributed by atoms with Crippen LogP contribution in [0.4, 0.5) is 0 Å². The molecule has 0 saturated carbocycles. The van der Waals surface area contributed by atoms with Crippen molar-refractivity contribution < 1.29 is 14.7 Å². The van der Waals surface area contributed by atoms with Gasteiger partial charge in [-0.05, 0) is 29.6 Å². The molecule has 0 saturated heterocycles. The van der Waals surface area contributed by atoms with Gasteiger partial charge in [-0.25, -0.2) is 4.79 Å². The Morgan fingerprint density at radius 1 is 1.38 bits per heavy atom. The Labute approximate surface area is 141 Å². The molecule has 0 bridgehead atoms. The van der Waals surface area contributed by atoms with E-state index in [1.165, 1.54) is 0 Å². The molecule has 0 spiro atoms. The molecule has 24 heavy (non-hydrogen) atoms. The molecular formula is C16H16N4O3S. The number of aromatic nitrogens is 3. The zero-order valence-corrected chi connectivity index (χ0v) is 13.8. The topological polar surface area (TPSA) is 108 Å². The number of nitrogens with one attached hydrogen (secondary N) is 2. The van der Waals surface area contributed by atoms with Gasteiger partial charge in [0.05, 0.1) is 5.69 Å². The zero-order valence-electron chi connectivity index (χ0n) is 12.9. The van der Waals surface area contributed by atoms with E-state index in [1.54, 1.807) is 6.20 Å². The van der Waals surface area contributed by atoms with Gasteiger partial charge in [-0.2, -0.15) is 0 Å². The number of aliphatic carboxylic acids is 1. The van der Waals surface area contributed by atoms with Crippen molar-refractivity contribution in [3.8, 4) is 0 Å². The molecule has 1 atom stereocenters. The zero-order chi connectivity index (χ0) is 17.1. The number of rotatable bonds is 6. The number of carboxylic acids is 1. The van der Waals surface area contributed by atoms with Crippen molar-refractivity contribution in [1.29, 1.82) is 0 Å². The molecule has 3 N–H and O–H groups in total. The molecule has 2 heterocycles. The van der Waals surface area contributed by atoms with Crippen molar-refractivity contribution in [3.63, 3.8) is 0 Å². The maximum absolute atomic E-state index is 12.3. The summed E-state index contributed by atoms with van der Waals surface area (Å²) in [6.07, 6.45) is 2.54. The second-order valence-corrected chi connectivity index (χ2v) is 6.08. The van der Waals surface area contributed by atoms with Gasteiger partial charge in [-0.3, -0.25) is 4.79 Å². The lowest BCUT2D eigenvalue weighted by atomic mass is 10.0. The van der Waals surface area contributed by atoms with Gasteiger partial charge < -0.3 is 15.4 Å². The Hall–Kier alpha value is -2.74. The van der Waals surface area contributed by atoms with Crippen LogP contribution in [0.5, 0.6) is 0 Å². The molecule has 3 rings (SSSR count). The van der Waals surface area contributed by atoms with Crippen LogP contribution in [0.1, 0.15) is 27.9 Å². The molecule has 0 radical (unpaired) electrons. The van der Waals surface area contributed by atoms with E-state index < -0.39 is 17.9 Å². The van der Waals surface area contributed by atoms with Crippen molar-refractivity contribution in [1.82, 2.24) is 19.9 Å². The molecule has 3 aromatic rings. The average molecular weight is 344 g/mol. The summed E-state index contributed by atoms with van der Waals surface area (Å²) < 4.78 is 3.76. The third-order valence-electron chi connectivity index (χ3n) is 3.80. The number of carbonyl (C=O) groups excluding carboxylic acids is 1. The van der Waals surface area contributed by atoms with Crippen LogP contribution in [0, 0.1) is 0 Å². The van der Waals surface area contributed by atoms with E-state index in [0.717, 1.165) is 28.0 Å². The standard InChI is InChI=1S/C16H16N4O3S/c1-2-11-14(24-20-19-11)15(21)18-13(16(22)23)7-9-8-17-12-6-4-3-5-10(9)12/h3-6,8,13,17H,2,7H2,1H3,(H,18,21)(H,22,23). The van der Waals surface area contributed by atoms with E-state index in [2.05, 4.69) is 19.9 Å². The number of nitrogens with zero attached hydrogens (tertiary/aromatic N) is 2. The number of carbonyl (C=O) groups is 2. The Kier molecular flexibility index (Phi) is 4.57. The summed E-state index contributed by atoms with van der Waals surface area (Å²) in [7, 11) is 0. The molecule has 8 heteroatoms. The Bertz CT molecular complexity index is 886. The maximum Gasteiger partial charge on any atom is 0.326 e. The summed E-state index contributed by atoms with van der Waals surface area (Å²) in [6, 6.07) is 6.61. The lowest BCUT2D eigenvalue weighted by molar-refractivity contribution is -0.139. The number of benzene rings is 1. The molecule has 2 aromatic heterocycles. The molecule has 1 amide bonds. The first kappa shape index (κ1) is 16.1. The highest BCUT2D eigenvalue weighted by atomic mass is 32.1. The molecule has 0 aliphatic carbocycles. The molecular weight excluding hydrogens is 328 g/mol. The highest BCUT2D eigenvalue weighted by Gasteiger charge is 2.24. The fraction of sp³-hybridized carbons (Fsp3) is 0.250. The Morgan fingerprint density at radius 2 is 2.17 bits per heavy atom. The van der Waals surface area contributed by atoms with Crippen molar-refractivity contribution in [2.75, 3.05) is 0 Å². The van der Waals surface area contributed by atoms with Gasteiger partial charge in [-0.1, -0.05) is 29.6 Å². The number of carboxylic acid groups (broad SMARTS) is 1. The van der Waals surface area contributed by atoms with Gasteiger partial charge in [-0.15, -0.1) is 5.10 Å². The molecule has 1 aromatic carbocycles. The van der Waals surface area contributed by atoms with Gasteiger partial charge in [0.2, 0.25) is 0 Å². The largest absolute Gasteiger partial charge is 0.480 e. The van der Waals surface area contributed by atoms with Crippen molar-refractivity contribution in [3.05, 3.63) is 46.6 Å². The molecule has 0 fully saturated rings. The third kappa shape index (κ3) is 3.13. The van der Waals surface area contributed by atoms with E-state index in [-0.39, 0.29) is 6.42 Å². The Morgan fingerprint density at radius 3 is 2.92 bits per heavy atom. The Balaban J connectivity index is 1.80. The summed E-state index contributed by atoms with van der Waals surface area (Å²) in [5, 5.41) is 16.9. The quantitative estimate of drug-likeness (QED) is 0.634. The van der Waals surface area contributed by atoms with Gasteiger partial charge >= 0.3 is 5.97 Å². The number of hydrogen-bond donors (Lipinski definition) is 3. The number of H-pyrrole nitrogens is 1. The fourth-order valence-corrected chi connectivity index (χ4v) is 3.21. The number of hydrogen-bond acceptors (Lipinski definition) is 5. The van der Waals surface area contributed by atoms with E-state index in [0.29, 0.717) is 17.0 Å². The summed E-state index contributed by atoms with van der Waals surface area (Å²) in [5.74, 6) is -1.53. The lowest BCUT2D eigenvalue weighted by Crippen LogP contribution is -2.42. The van der Waals surface area contributed by atoms with Gasteiger partial charge in [0, 0.05) is 23.5 Å². The number of aryl methyl sites for hydroxylation is 1. The summed E-state index contributed by atoms with van der Waals surface area (Å²) in [4.78, 5) is 27.4. The molecule has 124 valence electrons. The van der Waals surface area contributed by atoms with Crippen molar-refractivity contribution in [2.45, 2.75) is 25.8 Å². The summed E-state index contributed by atoms with van der Waals surface area (Å²) in [6.45, 7) is 1.87. The van der Waals surface area contributed by atoms with Crippen molar-refractivity contribution >= 4 is 34.3 Å². The molecule has 0 aliphatic heterocycles. The van der Waals surface area contributed by atoms with Crippen LogP contribution in [0.3, 0.4) is 0 Å². The monoisotopic (exact) mass is 344 g/mol. The van der Waals surface area contributed by atoms with Crippen molar-refractivity contribution in [2.24, 2.45) is 0 Å². The lowest BCUT2D eigenvalue weighted by Gasteiger charge is -2.13. The number of amides is 1. The smallest absolute Gasteiger partial charge is 0.326 e. The maximum atomic E-state index is 12.3. The minimum Gasteiger partial charge on any atom is -0.480 e. The predicted molar refractivity (Wildman–Crippen MR) is 90.2 cm³/mol. The first-order valence-electron chi connectivity index (χ1n) is 7.50. The normalized spacial score (nSPS) is 12.2. The number of aromatic amines is 1. The SMILES string of the molecule is CCc1nnsc1C(=O)NC(Cc1c[nH]c2ccccc12)C(=O)O. The molecule has 0 aliphatic rings. The first-order valence-corrected chi connectivity index (χ1v) is 8.27. The van der Waals surface area contributed by atoms with Crippen LogP contribution < -0.4 is 5.32 Å². The minimum absolute atomic E-state index is 0.193. The van der Waals surface area contributed by atoms with E-state index >= 15 is 0 Å². The van der Waals surface area contributed by atoms with Gasteiger partial charge in [0.1, 0.15) is 10.9 Å². The first-order chi connectivity index (χ1) is 11.6. The van der Waals surface area contributed by atoms with E-state index in [4.69, 9.17) is 0 Å². The highest BCUT2D eigenvalue weighted by Crippen LogP contribution is 2.19. The molecule has 1 unspecified atom stereocenters. The van der Waals surface area contributed by atoms with Crippen LogP contribution in [0.2, 0.25) is 0 Å². The minimum atomic E-state index is -1.08. The fourth-order valence-electron chi connectivity index (χ4n) is 2.56. The third-order valence-corrected chi connectivity index (χ3v) is 4.57. The highest BCUT2D eigenvalue weighted by molar-refractivity contribution is 7.08. The predicted octanol–water partition coefficient (Wildman–Crippen LogP) is 2.01. The van der Waals surface area contributed by atoms with Crippen LogP contribution in [0.25, 0.3) is 10.9 Å².